The zero-order valence-corrected chi connectivity index (χ0v) is 12.9. The van der Waals surface area contributed by atoms with Crippen molar-refractivity contribution in [2.24, 2.45) is 5.92 Å². The molecule has 0 amide bonds. The SMILES string of the molecule is CCC(CCBr)CNS(=O)(=O)c1ccc(F)c(F)c1. The van der Waals surface area contributed by atoms with Crippen LogP contribution in [-0.4, -0.2) is 20.3 Å². The molecule has 1 rings (SSSR count). The Hall–Kier alpha value is -0.530. The van der Waals surface area contributed by atoms with E-state index in [0.29, 0.717) is 6.07 Å². The quantitative estimate of drug-likeness (QED) is 0.764. The molecule has 0 radical (unpaired) electrons. The van der Waals surface area contributed by atoms with E-state index in [1.807, 2.05) is 6.92 Å². The monoisotopic (exact) mass is 355 g/mol. The fourth-order valence-electron chi connectivity index (χ4n) is 1.56. The minimum atomic E-state index is -3.79. The van der Waals surface area contributed by atoms with E-state index in [0.717, 1.165) is 30.3 Å². The fourth-order valence-corrected chi connectivity index (χ4v) is 3.33. The third-order valence-corrected chi connectivity index (χ3v) is 4.74. The molecule has 0 aliphatic heterocycles. The van der Waals surface area contributed by atoms with Gasteiger partial charge < -0.3 is 0 Å². The van der Waals surface area contributed by atoms with Crippen LogP contribution in [0.5, 0.6) is 0 Å². The molecule has 1 aromatic carbocycles. The van der Waals surface area contributed by atoms with E-state index in [9.17, 15) is 17.2 Å². The molecular weight excluding hydrogens is 340 g/mol. The van der Waals surface area contributed by atoms with Gasteiger partial charge in [0.15, 0.2) is 11.6 Å². The van der Waals surface area contributed by atoms with E-state index in [4.69, 9.17) is 0 Å². The second kappa shape index (κ2) is 7.31. The lowest BCUT2D eigenvalue weighted by Gasteiger charge is -2.14. The zero-order valence-electron chi connectivity index (χ0n) is 10.5. The standard InChI is InChI=1S/C12H16BrF2NO2S/c1-2-9(5-6-13)8-16-19(17,18)10-3-4-11(14)12(15)7-10/h3-4,7,9,16H,2,5-6,8H2,1H3. The molecule has 3 nitrogen and oxygen atoms in total. The van der Waals surface area contributed by atoms with Crippen LogP contribution in [-0.2, 0) is 10.0 Å². The zero-order chi connectivity index (χ0) is 14.5. The largest absolute Gasteiger partial charge is 0.240 e. The summed E-state index contributed by atoms with van der Waals surface area (Å²) in [7, 11) is -3.79. The Bertz CT molecular complexity index is 522. The molecule has 0 saturated carbocycles. The molecule has 1 unspecified atom stereocenters. The van der Waals surface area contributed by atoms with E-state index >= 15 is 0 Å². The highest BCUT2D eigenvalue weighted by Gasteiger charge is 2.17. The molecule has 0 aromatic heterocycles. The first kappa shape index (κ1) is 16.5. The predicted molar refractivity (Wildman–Crippen MR) is 73.7 cm³/mol. The first-order valence-electron chi connectivity index (χ1n) is 5.91. The van der Waals surface area contributed by atoms with Gasteiger partial charge in [-0.15, -0.1) is 0 Å². The van der Waals surface area contributed by atoms with Crippen LogP contribution < -0.4 is 4.72 Å². The van der Waals surface area contributed by atoms with Gasteiger partial charge in [0, 0.05) is 11.9 Å². The van der Waals surface area contributed by atoms with Gasteiger partial charge in [-0.1, -0.05) is 29.3 Å². The molecule has 19 heavy (non-hydrogen) atoms. The summed E-state index contributed by atoms with van der Waals surface area (Å²) in [4.78, 5) is -0.264. The number of rotatable bonds is 7. The van der Waals surface area contributed by atoms with Gasteiger partial charge in [0.25, 0.3) is 0 Å². The molecule has 108 valence electrons. The molecular formula is C12H16BrF2NO2S. The second-order valence-corrected chi connectivity index (χ2v) is 6.74. The molecule has 0 aliphatic rings. The number of hydrogen-bond donors (Lipinski definition) is 1. The molecule has 1 atom stereocenters. The lowest BCUT2D eigenvalue weighted by atomic mass is 10.0. The van der Waals surface area contributed by atoms with Crippen LogP contribution in [0.2, 0.25) is 0 Å². The van der Waals surface area contributed by atoms with Crippen molar-refractivity contribution < 1.29 is 17.2 Å². The molecule has 1 aromatic rings. The Labute approximate surface area is 120 Å². The maximum Gasteiger partial charge on any atom is 0.240 e. The van der Waals surface area contributed by atoms with Crippen LogP contribution in [0.15, 0.2) is 23.1 Å². The molecule has 0 spiro atoms. The van der Waals surface area contributed by atoms with Crippen molar-refractivity contribution in [2.75, 3.05) is 11.9 Å². The van der Waals surface area contributed by atoms with Crippen molar-refractivity contribution in [3.05, 3.63) is 29.8 Å². The predicted octanol–water partition coefficient (Wildman–Crippen LogP) is 3.05. The summed E-state index contributed by atoms with van der Waals surface area (Å²) in [6, 6.07) is 2.54. The van der Waals surface area contributed by atoms with Gasteiger partial charge in [-0.3, -0.25) is 0 Å². The summed E-state index contributed by atoms with van der Waals surface area (Å²) in [6.07, 6.45) is 1.68. The molecule has 0 fully saturated rings. The summed E-state index contributed by atoms with van der Waals surface area (Å²) in [5.74, 6) is -2.03. The van der Waals surface area contributed by atoms with Crippen LogP contribution in [0.3, 0.4) is 0 Å². The van der Waals surface area contributed by atoms with Crippen molar-refractivity contribution in [1.29, 1.82) is 0 Å². The molecule has 7 heteroatoms. The molecule has 0 heterocycles. The smallest absolute Gasteiger partial charge is 0.211 e. The van der Waals surface area contributed by atoms with E-state index < -0.39 is 21.7 Å². The Kier molecular flexibility index (Phi) is 6.35. The van der Waals surface area contributed by atoms with Crippen LogP contribution in [0.1, 0.15) is 19.8 Å². The summed E-state index contributed by atoms with van der Waals surface area (Å²) in [5.41, 5.74) is 0. The fraction of sp³-hybridized carbons (Fsp3) is 0.500. The Morgan fingerprint density at radius 2 is 2.00 bits per heavy atom. The Morgan fingerprint density at radius 1 is 1.32 bits per heavy atom. The maximum absolute atomic E-state index is 13.0. The number of sulfonamides is 1. The number of alkyl halides is 1. The normalized spacial score (nSPS) is 13.5. The first-order valence-corrected chi connectivity index (χ1v) is 8.51. The van der Waals surface area contributed by atoms with E-state index in [2.05, 4.69) is 20.7 Å². The highest BCUT2D eigenvalue weighted by Crippen LogP contribution is 2.15. The molecule has 1 N–H and O–H groups in total. The highest BCUT2D eigenvalue weighted by atomic mass is 79.9. The minimum absolute atomic E-state index is 0.208. The number of nitrogens with one attached hydrogen (secondary N) is 1. The van der Waals surface area contributed by atoms with Crippen molar-refractivity contribution in [1.82, 2.24) is 4.72 Å². The molecule has 0 saturated heterocycles. The van der Waals surface area contributed by atoms with Gasteiger partial charge in [0.1, 0.15) is 0 Å². The summed E-state index contributed by atoms with van der Waals surface area (Å²) in [5, 5.41) is 0.790. The highest BCUT2D eigenvalue weighted by molar-refractivity contribution is 9.09. The number of hydrogen-bond acceptors (Lipinski definition) is 2. The van der Waals surface area contributed by atoms with E-state index in [-0.39, 0.29) is 17.4 Å². The second-order valence-electron chi connectivity index (χ2n) is 4.18. The van der Waals surface area contributed by atoms with Gasteiger partial charge in [-0.05, 0) is 30.5 Å². The summed E-state index contributed by atoms with van der Waals surface area (Å²) < 4.78 is 52.0. The van der Waals surface area contributed by atoms with Gasteiger partial charge in [-0.2, -0.15) is 0 Å². The third kappa shape index (κ3) is 4.81. The Morgan fingerprint density at radius 3 is 2.53 bits per heavy atom. The summed E-state index contributed by atoms with van der Waals surface area (Å²) in [6.45, 7) is 2.25. The first-order chi connectivity index (χ1) is 8.90. The summed E-state index contributed by atoms with van der Waals surface area (Å²) >= 11 is 3.31. The van der Waals surface area contributed by atoms with Crippen molar-refractivity contribution in [2.45, 2.75) is 24.7 Å². The molecule has 0 aliphatic carbocycles. The van der Waals surface area contributed by atoms with Gasteiger partial charge in [-0.25, -0.2) is 21.9 Å². The van der Waals surface area contributed by atoms with Crippen molar-refractivity contribution >= 4 is 26.0 Å². The lowest BCUT2D eigenvalue weighted by molar-refractivity contribution is 0.481. The molecule has 0 bridgehead atoms. The third-order valence-electron chi connectivity index (χ3n) is 2.86. The van der Waals surface area contributed by atoms with Crippen LogP contribution in [0.25, 0.3) is 0 Å². The van der Waals surface area contributed by atoms with Crippen molar-refractivity contribution in [3.63, 3.8) is 0 Å². The van der Waals surface area contributed by atoms with Gasteiger partial charge >= 0.3 is 0 Å². The average molecular weight is 356 g/mol. The van der Waals surface area contributed by atoms with Crippen LogP contribution >= 0.6 is 15.9 Å². The number of benzene rings is 1. The van der Waals surface area contributed by atoms with E-state index in [1.165, 1.54) is 0 Å². The van der Waals surface area contributed by atoms with Gasteiger partial charge in [0.05, 0.1) is 4.90 Å². The van der Waals surface area contributed by atoms with Gasteiger partial charge in [0.2, 0.25) is 10.0 Å². The topological polar surface area (TPSA) is 46.2 Å². The number of halogens is 3. The van der Waals surface area contributed by atoms with Crippen molar-refractivity contribution in [3.8, 4) is 0 Å². The maximum atomic E-state index is 13.0. The van der Waals surface area contributed by atoms with E-state index in [1.54, 1.807) is 0 Å². The van der Waals surface area contributed by atoms with Crippen LogP contribution in [0.4, 0.5) is 8.78 Å². The minimum Gasteiger partial charge on any atom is -0.211 e. The Balaban J connectivity index is 2.78. The van der Waals surface area contributed by atoms with Crippen LogP contribution in [0, 0.1) is 17.6 Å². The average Bonchev–Trinajstić information content (AvgIpc) is 2.37. The lowest BCUT2D eigenvalue weighted by Crippen LogP contribution is -2.29.